The van der Waals surface area contributed by atoms with E-state index in [2.05, 4.69) is 71.3 Å². The monoisotopic (exact) mass is 304 g/mol. The summed E-state index contributed by atoms with van der Waals surface area (Å²) >= 11 is 2.31. The summed E-state index contributed by atoms with van der Waals surface area (Å²) in [6.45, 7) is 5.27. The van der Waals surface area contributed by atoms with Crippen molar-refractivity contribution in [3.8, 4) is 0 Å². The van der Waals surface area contributed by atoms with Crippen molar-refractivity contribution < 1.29 is 0 Å². The van der Waals surface area contributed by atoms with Gasteiger partial charge in [0.15, 0.2) is 0 Å². The number of likely N-dealkylation sites (N-methyl/N-ethyl adjacent to an activating group) is 1. The van der Waals surface area contributed by atoms with E-state index < -0.39 is 0 Å². The van der Waals surface area contributed by atoms with Gasteiger partial charge in [0.2, 0.25) is 0 Å². The Labute approximate surface area is 99.6 Å². The number of hydrogen-bond donors (Lipinski definition) is 2. The molecular formula is C11H17IN2. The molecule has 0 aliphatic carbocycles. The van der Waals surface area contributed by atoms with Gasteiger partial charge in [-0.3, -0.25) is 0 Å². The number of hydrogen-bond acceptors (Lipinski definition) is 2. The maximum atomic E-state index is 3.40. The highest BCUT2D eigenvalue weighted by molar-refractivity contribution is 14.1. The van der Waals surface area contributed by atoms with E-state index in [1.54, 1.807) is 0 Å². The van der Waals surface area contributed by atoms with E-state index in [1.807, 2.05) is 7.05 Å². The zero-order valence-corrected chi connectivity index (χ0v) is 11.1. The van der Waals surface area contributed by atoms with Crippen LogP contribution in [0.5, 0.6) is 0 Å². The Morgan fingerprint density at radius 2 is 1.79 bits per heavy atom. The molecule has 0 saturated heterocycles. The Kier molecular flexibility index (Phi) is 4.19. The first kappa shape index (κ1) is 11.8. The molecular weight excluding hydrogens is 287 g/mol. The molecule has 0 radical (unpaired) electrons. The molecule has 14 heavy (non-hydrogen) atoms. The van der Waals surface area contributed by atoms with Gasteiger partial charge in [-0.1, -0.05) is 0 Å². The van der Waals surface area contributed by atoms with Gasteiger partial charge < -0.3 is 10.6 Å². The maximum Gasteiger partial charge on any atom is 0.0341 e. The number of benzene rings is 1. The zero-order chi connectivity index (χ0) is 10.6. The van der Waals surface area contributed by atoms with E-state index >= 15 is 0 Å². The molecule has 0 bridgehead atoms. The Morgan fingerprint density at radius 3 is 2.29 bits per heavy atom. The van der Waals surface area contributed by atoms with Crippen LogP contribution >= 0.6 is 22.6 Å². The molecule has 0 unspecified atom stereocenters. The molecule has 0 aromatic heterocycles. The van der Waals surface area contributed by atoms with E-state index in [0.29, 0.717) is 0 Å². The summed E-state index contributed by atoms with van der Waals surface area (Å²) in [7, 11) is 1.98. The predicted octanol–water partition coefficient (Wildman–Crippen LogP) is 2.70. The molecule has 0 spiro atoms. The van der Waals surface area contributed by atoms with Crippen LogP contribution in [0.4, 0.5) is 5.69 Å². The van der Waals surface area contributed by atoms with E-state index in [9.17, 15) is 0 Å². The summed E-state index contributed by atoms with van der Waals surface area (Å²) in [6, 6.07) is 8.42. The normalized spacial score (nSPS) is 11.4. The van der Waals surface area contributed by atoms with Crippen molar-refractivity contribution >= 4 is 28.3 Å². The second-order valence-corrected chi connectivity index (χ2v) is 5.24. The van der Waals surface area contributed by atoms with Crippen molar-refractivity contribution in [2.75, 3.05) is 18.9 Å². The highest BCUT2D eigenvalue weighted by atomic mass is 127. The van der Waals surface area contributed by atoms with E-state index in [4.69, 9.17) is 0 Å². The summed E-state index contributed by atoms with van der Waals surface area (Å²) in [4.78, 5) is 0. The van der Waals surface area contributed by atoms with Crippen LogP contribution in [-0.4, -0.2) is 19.1 Å². The van der Waals surface area contributed by atoms with Crippen molar-refractivity contribution in [3.63, 3.8) is 0 Å². The van der Waals surface area contributed by atoms with Crippen LogP contribution in [0, 0.1) is 3.57 Å². The molecule has 0 heterocycles. The molecule has 0 aliphatic rings. The fraction of sp³-hybridized carbons (Fsp3) is 0.455. The lowest BCUT2D eigenvalue weighted by Gasteiger charge is -2.24. The van der Waals surface area contributed by atoms with Gasteiger partial charge in [0.1, 0.15) is 0 Å². The summed E-state index contributed by atoms with van der Waals surface area (Å²) in [5, 5.41) is 6.66. The highest BCUT2D eigenvalue weighted by Crippen LogP contribution is 2.12. The van der Waals surface area contributed by atoms with Crippen LogP contribution in [0.2, 0.25) is 0 Å². The molecule has 3 heteroatoms. The second kappa shape index (κ2) is 4.98. The van der Waals surface area contributed by atoms with Crippen molar-refractivity contribution in [2.24, 2.45) is 0 Å². The minimum absolute atomic E-state index is 0.128. The Bertz CT molecular complexity index is 280. The highest BCUT2D eigenvalue weighted by Gasteiger charge is 2.13. The van der Waals surface area contributed by atoms with Gasteiger partial charge in [0.25, 0.3) is 0 Å². The molecule has 0 atom stereocenters. The molecule has 1 aromatic rings. The molecule has 2 nitrogen and oxygen atoms in total. The predicted molar refractivity (Wildman–Crippen MR) is 70.8 cm³/mol. The lowest BCUT2D eigenvalue weighted by molar-refractivity contribution is 0.448. The van der Waals surface area contributed by atoms with Gasteiger partial charge in [0, 0.05) is 21.3 Å². The minimum Gasteiger partial charge on any atom is -0.383 e. The smallest absolute Gasteiger partial charge is 0.0341 e. The third-order valence-electron chi connectivity index (χ3n) is 2.26. The lowest BCUT2D eigenvalue weighted by Crippen LogP contribution is -2.42. The van der Waals surface area contributed by atoms with E-state index in [1.165, 1.54) is 9.26 Å². The molecule has 0 amide bonds. The van der Waals surface area contributed by atoms with Crippen LogP contribution in [0.15, 0.2) is 24.3 Å². The van der Waals surface area contributed by atoms with Crippen molar-refractivity contribution in [1.82, 2.24) is 5.32 Å². The zero-order valence-electron chi connectivity index (χ0n) is 8.89. The topological polar surface area (TPSA) is 24.1 Å². The summed E-state index contributed by atoms with van der Waals surface area (Å²) in [5.74, 6) is 0. The lowest BCUT2D eigenvalue weighted by atomic mass is 10.1. The molecule has 1 rings (SSSR count). The molecule has 0 fully saturated rings. The van der Waals surface area contributed by atoms with Crippen LogP contribution in [0.3, 0.4) is 0 Å². The fourth-order valence-electron chi connectivity index (χ4n) is 0.979. The van der Waals surface area contributed by atoms with Gasteiger partial charge in [-0.25, -0.2) is 0 Å². The molecule has 0 saturated carbocycles. The molecule has 1 aromatic carbocycles. The number of rotatable bonds is 4. The first-order chi connectivity index (χ1) is 6.53. The van der Waals surface area contributed by atoms with Crippen LogP contribution in [0.1, 0.15) is 13.8 Å². The average molecular weight is 304 g/mol. The Balaban J connectivity index is 2.50. The van der Waals surface area contributed by atoms with Crippen molar-refractivity contribution in [1.29, 1.82) is 0 Å². The van der Waals surface area contributed by atoms with Gasteiger partial charge in [-0.05, 0) is 67.8 Å². The first-order valence-electron chi connectivity index (χ1n) is 4.72. The third kappa shape index (κ3) is 3.84. The number of anilines is 1. The molecule has 2 N–H and O–H groups in total. The molecule has 0 aliphatic heterocycles. The van der Waals surface area contributed by atoms with Gasteiger partial charge >= 0.3 is 0 Å². The van der Waals surface area contributed by atoms with E-state index in [0.717, 1.165) is 6.54 Å². The van der Waals surface area contributed by atoms with Crippen molar-refractivity contribution in [3.05, 3.63) is 27.8 Å². The third-order valence-corrected chi connectivity index (χ3v) is 2.97. The van der Waals surface area contributed by atoms with Crippen LogP contribution in [0.25, 0.3) is 0 Å². The first-order valence-corrected chi connectivity index (χ1v) is 5.80. The van der Waals surface area contributed by atoms with E-state index in [-0.39, 0.29) is 5.54 Å². The Morgan fingerprint density at radius 1 is 1.21 bits per heavy atom. The summed E-state index contributed by atoms with van der Waals surface area (Å²) in [5.41, 5.74) is 1.30. The SMILES string of the molecule is CNC(C)(C)CNc1ccc(I)cc1. The summed E-state index contributed by atoms with van der Waals surface area (Å²) in [6.07, 6.45) is 0. The fourth-order valence-corrected chi connectivity index (χ4v) is 1.34. The number of nitrogens with one attached hydrogen (secondary N) is 2. The summed E-state index contributed by atoms with van der Waals surface area (Å²) < 4.78 is 1.26. The molecule has 78 valence electrons. The minimum atomic E-state index is 0.128. The Hall–Kier alpha value is -0.290. The van der Waals surface area contributed by atoms with Gasteiger partial charge in [-0.15, -0.1) is 0 Å². The van der Waals surface area contributed by atoms with Crippen LogP contribution in [-0.2, 0) is 0 Å². The second-order valence-electron chi connectivity index (χ2n) is 3.99. The number of halogens is 1. The largest absolute Gasteiger partial charge is 0.383 e. The quantitative estimate of drug-likeness (QED) is 0.836. The van der Waals surface area contributed by atoms with Crippen molar-refractivity contribution in [2.45, 2.75) is 19.4 Å². The maximum absolute atomic E-state index is 3.40. The van der Waals surface area contributed by atoms with Crippen LogP contribution < -0.4 is 10.6 Å². The average Bonchev–Trinajstić information content (AvgIpc) is 2.17. The van der Waals surface area contributed by atoms with Gasteiger partial charge in [0.05, 0.1) is 0 Å². The standard InChI is InChI=1S/C11H17IN2/c1-11(2,13-3)8-14-10-6-4-9(12)5-7-10/h4-7,13-14H,8H2,1-3H3. The van der Waals surface area contributed by atoms with Gasteiger partial charge in [-0.2, -0.15) is 0 Å².